The van der Waals surface area contributed by atoms with E-state index in [1.165, 1.54) is 0 Å². The first-order chi connectivity index (χ1) is 11.2. The fourth-order valence-electron chi connectivity index (χ4n) is 1.84. The molecule has 25 heavy (non-hydrogen) atoms. The molecule has 0 bridgehead atoms. The SMILES string of the molecule is COC(=O)C(CC(C(=O)OC(C)(C)C)C(=O)OC(C)(C)C)C(=O)OC. The minimum absolute atomic E-state index is 0.469. The zero-order valence-electron chi connectivity index (χ0n) is 16.1. The van der Waals surface area contributed by atoms with Crippen molar-refractivity contribution >= 4 is 23.9 Å². The molecule has 0 aliphatic heterocycles. The van der Waals surface area contributed by atoms with E-state index in [1.807, 2.05) is 0 Å². The smallest absolute Gasteiger partial charge is 0.320 e. The lowest BCUT2D eigenvalue weighted by atomic mass is 9.93. The van der Waals surface area contributed by atoms with Crippen LogP contribution in [0, 0.1) is 11.8 Å². The molecule has 0 saturated carbocycles. The summed E-state index contributed by atoms with van der Waals surface area (Å²) in [6.45, 7) is 9.80. The maximum atomic E-state index is 12.4. The molecular weight excluding hydrogens is 332 g/mol. The average molecular weight is 360 g/mol. The van der Waals surface area contributed by atoms with Crippen LogP contribution in [0.4, 0.5) is 0 Å². The Balaban J connectivity index is 5.62. The molecule has 8 nitrogen and oxygen atoms in total. The summed E-state index contributed by atoms with van der Waals surface area (Å²) in [7, 11) is 2.18. The predicted octanol–water partition coefficient (Wildman–Crippen LogP) is 1.64. The number of carbonyl (C=O) groups excluding carboxylic acids is 4. The molecule has 0 radical (unpaired) electrons. The molecule has 0 rings (SSSR count). The molecule has 0 atom stereocenters. The van der Waals surface area contributed by atoms with E-state index >= 15 is 0 Å². The lowest BCUT2D eigenvalue weighted by Crippen LogP contribution is -2.40. The van der Waals surface area contributed by atoms with Crippen molar-refractivity contribution in [3.05, 3.63) is 0 Å². The van der Waals surface area contributed by atoms with Gasteiger partial charge in [-0.25, -0.2) is 0 Å². The number of rotatable bonds is 6. The summed E-state index contributed by atoms with van der Waals surface area (Å²) in [6.07, 6.45) is -0.469. The van der Waals surface area contributed by atoms with E-state index in [0.29, 0.717) is 0 Å². The first kappa shape index (κ1) is 22.9. The van der Waals surface area contributed by atoms with Gasteiger partial charge in [-0.05, 0) is 48.0 Å². The summed E-state index contributed by atoms with van der Waals surface area (Å²) in [6, 6.07) is 0. The molecule has 144 valence electrons. The Labute approximate surface area is 148 Å². The predicted molar refractivity (Wildman–Crippen MR) is 87.3 cm³/mol. The molecule has 0 aromatic rings. The van der Waals surface area contributed by atoms with Gasteiger partial charge in [0.15, 0.2) is 11.8 Å². The Morgan fingerprint density at radius 2 is 0.920 bits per heavy atom. The van der Waals surface area contributed by atoms with Gasteiger partial charge >= 0.3 is 23.9 Å². The Morgan fingerprint density at radius 1 is 0.640 bits per heavy atom. The second kappa shape index (κ2) is 8.82. The van der Waals surface area contributed by atoms with Gasteiger partial charge in [-0.15, -0.1) is 0 Å². The van der Waals surface area contributed by atoms with Crippen LogP contribution in [-0.2, 0) is 38.1 Å². The third-order valence-corrected chi connectivity index (χ3v) is 2.83. The highest BCUT2D eigenvalue weighted by molar-refractivity contribution is 5.99. The van der Waals surface area contributed by atoms with Crippen LogP contribution < -0.4 is 0 Å². The molecule has 0 amide bonds. The zero-order chi connectivity index (χ0) is 20.0. The zero-order valence-corrected chi connectivity index (χ0v) is 16.1. The molecule has 0 N–H and O–H groups in total. The highest BCUT2D eigenvalue weighted by Gasteiger charge is 2.41. The number of ether oxygens (including phenoxy) is 4. The number of hydrogen-bond donors (Lipinski definition) is 0. The van der Waals surface area contributed by atoms with E-state index in [0.717, 1.165) is 14.2 Å². The highest BCUT2D eigenvalue weighted by atomic mass is 16.6. The van der Waals surface area contributed by atoms with Crippen LogP contribution in [0.5, 0.6) is 0 Å². The Hall–Kier alpha value is -2.12. The minimum Gasteiger partial charge on any atom is -0.468 e. The largest absolute Gasteiger partial charge is 0.468 e. The topological polar surface area (TPSA) is 105 Å². The lowest BCUT2D eigenvalue weighted by Gasteiger charge is -2.27. The molecule has 0 aliphatic carbocycles. The summed E-state index contributed by atoms with van der Waals surface area (Å²) >= 11 is 0. The summed E-state index contributed by atoms with van der Waals surface area (Å²) in [4.78, 5) is 48.5. The van der Waals surface area contributed by atoms with Gasteiger partial charge in [0, 0.05) is 0 Å². The minimum atomic E-state index is -1.47. The van der Waals surface area contributed by atoms with E-state index in [9.17, 15) is 19.2 Å². The van der Waals surface area contributed by atoms with E-state index in [-0.39, 0.29) is 0 Å². The van der Waals surface area contributed by atoms with Crippen LogP contribution in [0.3, 0.4) is 0 Å². The lowest BCUT2D eigenvalue weighted by molar-refractivity contribution is -0.176. The number of esters is 4. The van der Waals surface area contributed by atoms with Gasteiger partial charge in [0.05, 0.1) is 14.2 Å². The van der Waals surface area contributed by atoms with Crippen molar-refractivity contribution in [1.82, 2.24) is 0 Å². The number of hydrogen-bond acceptors (Lipinski definition) is 8. The molecule has 0 fully saturated rings. The summed E-state index contributed by atoms with van der Waals surface area (Å²) in [5.74, 6) is -6.52. The molecule has 0 aromatic carbocycles. The third-order valence-electron chi connectivity index (χ3n) is 2.83. The molecule has 0 spiro atoms. The van der Waals surface area contributed by atoms with Crippen LogP contribution in [-0.4, -0.2) is 49.3 Å². The molecule has 0 aliphatic rings. The van der Waals surface area contributed by atoms with Gasteiger partial charge in [0.2, 0.25) is 0 Å². The molecule has 0 unspecified atom stereocenters. The van der Waals surface area contributed by atoms with Gasteiger partial charge < -0.3 is 18.9 Å². The Kier molecular flexibility index (Phi) is 8.08. The van der Waals surface area contributed by atoms with Crippen molar-refractivity contribution in [2.75, 3.05) is 14.2 Å². The van der Waals surface area contributed by atoms with Crippen LogP contribution >= 0.6 is 0 Å². The van der Waals surface area contributed by atoms with Crippen molar-refractivity contribution < 1.29 is 38.1 Å². The first-order valence-corrected chi connectivity index (χ1v) is 7.83. The van der Waals surface area contributed by atoms with Crippen molar-refractivity contribution in [1.29, 1.82) is 0 Å². The second-order valence-electron chi connectivity index (χ2n) is 7.45. The maximum absolute atomic E-state index is 12.4. The Morgan fingerprint density at radius 3 is 1.16 bits per heavy atom. The van der Waals surface area contributed by atoms with Crippen molar-refractivity contribution in [2.24, 2.45) is 11.8 Å². The molecule has 0 heterocycles. The van der Waals surface area contributed by atoms with Crippen LogP contribution in [0.1, 0.15) is 48.0 Å². The number of carbonyl (C=O) groups is 4. The van der Waals surface area contributed by atoms with E-state index in [1.54, 1.807) is 41.5 Å². The average Bonchev–Trinajstić information content (AvgIpc) is 2.42. The van der Waals surface area contributed by atoms with E-state index in [2.05, 4.69) is 9.47 Å². The molecule has 0 aromatic heterocycles. The quantitative estimate of drug-likeness (QED) is 0.400. The van der Waals surface area contributed by atoms with E-state index in [4.69, 9.17) is 9.47 Å². The van der Waals surface area contributed by atoms with Gasteiger partial charge in [0.1, 0.15) is 11.2 Å². The normalized spacial score (nSPS) is 11.9. The molecule has 8 heteroatoms. The van der Waals surface area contributed by atoms with Crippen molar-refractivity contribution in [3.8, 4) is 0 Å². The fourth-order valence-corrected chi connectivity index (χ4v) is 1.84. The summed E-state index contributed by atoms with van der Waals surface area (Å²) < 4.78 is 19.5. The van der Waals surface area contributed by atoms with Crippen molar-refractivity contribution in [2.45, 2.75) is 59.2 Å². The monoisotopic (exact) mass is 360 g/mol. The highest BCUT2D eigenvalue weighted by Crippen LogP contribution is 2.23. The van der Waals surface area contributed by atoms with Crippen LogP contribution in [0.2, 0.25) is 0 Å². The molecule has 0 saturated heterocycles. The van der Waals surface area contributed by atoms with Gasteiger partial charge in [-0.2, -0.15) is 0 Å². The van der Waals surface area contributed by atoms with Crippen LogP contribution in [0.25, 0.3) is 0 Å². The van der Waals surface area contributed by atoms with Gasteiger partial charge in [-0.1, -0.05) is 0 Å². The third kappa shape index (κ3) is 8.51. The Bertz CT molecular complexity index is 466. The van der Waals surface area contributed by atoms with Gasteiger partial charge in [0.25, 0.3) is 0 Å². The van der Waals surface area contributed by atoms with E-state index < -0.39 is 53.3 Å². The summed E-state index contributed by atoms with van der Waals surface area (Å²) in [5.41, 5.74) is -1.72. The number of methoxy groups -OCH3 is 2. The maximum Gasteiger partial charge on any atom is 0.320 e. The fraction of sp³-hybridized carbons (Fsp3) is 0.765. The van der Waals surface area contributed by atoms with Crippen LogP contribution in [0.15, 0.2) is 0 Å². The first-order valence-electron chi connectivity index (χ1n) is 7.83. The standard InChI is InChI=1S/C17H28O8/c1-16(2,3)24-14(20)11(15(21)25-17(4,5)6)9-10(12(18)22-7)13(19)23-8/h10-11H,9H2,1-8H3. The molecular formula is C17H28O8. The van der Waals surface area contributed by atoms with Gasteiger partial charge in [-0.3, -0.25) is 19.2 Å². The van der Waals surface area contributed by atoms with Crippen molar-refractivity contribution in [3.63, 3.8) is 0 Å². The summed E-state index contributed by atoms with van der Waals surface area (Å²) in [5, 5.41) is 0. The second-order valence-corrected chi connectivity index (χ2v) is 7.45.